The predicted octanol–water partition coefficient (Wildman–Crippen LogP) is 1.39. The molecule has 6 heteroatoms. The Hall–Kier alpha value is -2.31. The highest BCUT2D eigenvalue weighted by molar-refractivity contribution is 6.33. The minimum absolute atomic E-state index is 0.174. The quantitative estimate of drug-likeness (QED) is 0.635. The molecule has 2 aromatic rings. The highest BCUT2D eigenvalue weighted by Gasteiger charge is 2.13. The van der Waals surface area contributed by atoms with Gasteiger partial charge in [-0.2, -0.15) is 0 Å². The normalized spacial score (nSPS) is 9.90. The van der Waals surface area contributed by atoms with Crippen molar-refractivity contribution in [2.45, 2.75) is 6.61 Å². The molecule has 0 amide bonds. The second kappa shape index (κ2) is 6.74. The van der Waals surface area contributed by atoms with Crippen LogP contribution in [0.4, 0.5) is 0 Å². The smallest absolute Gasteiger partial charge is 0.512 e. The molecule has 0 aliphatic heterocycles. The van der Waals surface area contributed by atoms with E-state index in [0.29, 0.717) is 0 Å². The molecule has 0 heterocycles. The van der Waals surface area contributed by atoms with Gasteiger partial charge in [0.15, 0.2) is 0 Å². The van der Waals surface area contributed by atoms with E-state index in [1.54, 1.807) is 12.1 Å². The topological polar surface area (TPSA) is 76.0 Å². The molecule has 0 bridgehead atoms. The predicted molar refractivity (Wildman–Crippen MR) is 72.8 cm³/mol. The molecule has 0 radical (unpaired) electrons. The van der Waals surface area contributed by atoms with Crippen LogP contribution in [-0.4, -0.2) is 23.3 Å². The molecule has 2 N–H and O–H groups in total. The van der Waals surface area contributed by atoms with Crippen LogP contribution in [0, 0.1) is 0 Å². The Morgan fingerprint density at radius 2 is 1.80 bits per heavy atom. The number of hydrogen-bond acceptors (Lipinski definition) is 5. The molecule has 2 rings (SSSR count). The Labute approximate surface area is 116 Å². The fraction of sp³-hybridized carbons (Fsp3) is 0.0714. The maximum Gasteiger partial charge on any atom is 0.707 e. The second-order valence-electron chi connectivity index (χ2n) is 4.03. The number of esters is 1. The van der Waals surface area contributed by atoms with E-state index in [1.807, 2.05) is 30.3 Å². The SMILES string of the molecule is O=C(OCc1ccccc1)c1cccc(OB(O)O)c1. The van der Waals surface area contributed by atoms with E-state index in [2.05, 4.69) is 4.65 Å². The average molecular weight is 272 g/mol. The van der Waals surface area contributed by atoms with E-state index in [9.17, 15) is 4.79 Å². The molecule has 5 nitrogen and oxygen atoms in total. The lowest BCUT2D eigenvalue weighted by molar-refractivity contribution is 0.0472. The van der Waals surface area contributed by atoms with Crippen LogP contribution in [0.3, 0.4) is 0 Å². The Bertz CT molecular complexity index is 571. The molecule has 20 heavy (non-hydrogen) atoms. The summed E-state index contributed by atoms with van der Waals surface area (Å²) < 4.78 is 9.83. The van der Waals surface area contributed by atoms with Gasteiger partial charge in [0.05, 0.1) is 5.56 Å². The van der Waals surface area contributed by atoms with Crippen LogP contribution >= 0.6 is 0 Å². The summed E-state index contributed by atoms with van der Waals surface area (Å²) in [4.78, 5) is 11.9. The van der Waals surface area contributed by atoms with E-state index in [4.69, 9.17) is 14.8 Å². The zero-order chi connectivity index (χ0) is 14.4. The molecule has 0 saturated carbocycles. The first-order valence-corrected chi connectivity index (χ1v) is 5.99. The van der Waals surface area contributed by atoms with Crippen molar-refractivity contribution >= 4 is 13.3 Å². The van der Waals surface area contributed by atoms with E-state index in [1.165, 1.54) is 12.1 Å². The Kier molecular flexibility index (Phi) is 4.76. The standard InChI is InChI=1S/C14H13BO5/c16-14(19-10-11-5-2-1-3-6-11)12-7-4-8-13(9-12)20-15(17)18/h1-9,17-18H,10H2. The largest absolute Gasteiger partial charge is 0.707 e. The third-order valence-electron chi connectivity index (χ3n) is 2.52. The first-order valence-electron chi connectivity index (χ1n) is 5.99. The van der Waals surface area contributed by atoms with Crippen molar-refractivity contribution in [1.29, 1.82) is 0 Å². The van der Waals surface area contributed by atoms with Crippen molar-refractivity contribution in [2.75, 3.05) is 0 Å². The van der Waals surface area contributed by atoms with Gasteiger partial charge >= 0.3 is 13.3 Å². The van der Waals surface area contributed by atoms with Gasteiger partial charge in [-0.05, 0) is 23.8 Å². The van der Waals surface area contributed by atoms with Gasteiger partial charge in [-0.3, -0.25) is 0 Å². The molecule has 2 aromatic carbocycles. The molecule has 102 valence electrons. The fourth-order valence-corrected chi connectivity index (χ4v) is 1.62. The average Bonchev–Trinajstić information content (AvgIpc) is 2.45. The van der Waals surface area contributed by atoms with Crippen molar-refractivity contribution in [3.8, 4) is 5.75 Å². The Morgan fingerprint density at radius 3 is 2.50 bits per heavy atom. The van der Waals surface area contributed by atoms with Gasteiger partial charge in [-0.25, -0.2) is 4.79 Å². The second-order valence-corrected chi connectivity index (χ2v) is 4.03. The highest BCUT2D eigenvalue weighted by Crippen LogP contribution is 2.15. The van der Waals surface area contributed by atoms with Gasteiger partial charge in [0.1, 0.15) is 12.4 Å². The molecule has 0 saturated heterocycles. The monoisotopic (exact) mass is 272 g/mol. The molecule has 0 fully saturated rings. The van der Waals surface area contributed by atoms with Gasteiger partial charge in [0, 0.05) is 0 Å². The third kappa shape index (κ3) is 4.12. The minimum atomic E-state index is -1.93. The minimum Gasteiger partial charge on any atom is -0.512 e. The van der Waals surface area contributed by atoms with Gasteiger partial charge in [-0.15, -0.1) is 0 Å². The van der Waals surface area contributed by atoms with Gasteiger partial charge < -0.3 is 19.4 Å². The van der Waals surface area contributed by atoms with Crippen LogP contribution in [0.5, 0.6) is 5.75 Å². The third-order valence-corrected chi connectivity index (χ3v) is 2.52. The summed E-state index contributed by atoms with van der Waals surface area (Å²) in [6.45, 7) is 0.174. The summed E-state index contributed by atoms with van der Waals surface area (Å²) in [5, 5.41) is 17.4. The van der Waals surface area contributed by atoms with Crippen LogP contribution in [0.2, 0.25) is 0 Å². The van der Waals surface area contributed by atoms with Crippen molar-refractivity contribution in [1.82, 2.24) is 0 Å². The number of benzene rings is 2. The molecule has 0 aliphatic rings. The number of carbonyl (C=O) groups is 1. The molecule has 0 atom stereocenters. The lowest BCUT2D eigenvalue weighted by Gasteiger charge is -2.07. The van der Waals surface area contributed by atoms with E-state index in [0.717, 1.165) is 5.56 Å². The van der Waals surface area contributed by atoms with E-state index < -0.39 is 13.3 Å². The van der Waals surface area contributed by atoms with Gasteiger partial charge in [0.2, 0.25) is 0 Å². The molecule has 0 aliphatic carbocycles. The van der Waals surface area contributed by atoms with Crippen LogP contribution in [0.25, 0.3) is 0 Å². The number of ether oxygens (including phenoxy) is 1. The molecular formula is C14H13BO5. The fourth-order valence-electron chi connectivity index (χ4n) is 1.62. The highest BCUT2D eigenvalue weighted by atomic mass is 16.6. The summed E-state index contributed by atoms with van der Waals surface area (Å²) >= 11 is 0. The molecular weight excluding hydrogens is 259 g/mol. The van der Waals surface area contributed by atoms with Crippen molar-refractivity contribution in [3.05, 3.63) is 65.7 Å². The van der Waals surface area contributed by atoms with Crippen molar-refractivity contribution in [2.24, 2.45) is 0 Å². The number of rotatable bonds is 5. The van der Waals surface area contributed by atoms with E-state index >= 15 is 0 Å². The van der Waals surface area contributed by atoms with Crippen molar-refractivity contribution < 1.29 is 24.2 Å². The van der Waals surface area contributed by atoms with E-state index in [-0.39, 0.29) is 17.9 Å². The Morgan fingerprint density at radius 1 is 1.05 bits per heavy atom. The van der Waals surface area contributed by atoms with Crippen LogP contribution in [-0.2, 0) is 11.3 Å². The number of hydrogen-bond donors (Lipinski definition) is 2. The van der Waals surface area contributed by atoms with Gasteiger partial charge in [-0.1, -0.05) is 36.4 Å². The molecule has 0 aromatic heterocycles. The zero-order valence-electron chi connectivity index (χ0n) is 10.6. The lowest BCUT2D eigenvalue weighted by atomic mass is 10.2. The lowest BCUT2D eigenvalue weighted by Crippen LogP contribution is -2.20. The molecule has 0 spiro atoms. The first kappa shape index (κ1) is 14.1. The first-order chi connectivity index (χ1) is 9.65. The van der Waals surface area contributed by atoms with Gasteiger partial charge in [0.25, 0.3) is 0 Å². The maximum atomic E-state index is 11.9. The summed E-state index contributed by atoms with van der Waals surface area (Å²) in [7, 11) is -1.93. The summed E-state index contributed by atoms with van der Waals surface area (Å²) in [6, 6.07) is 15.3. The molecule has 0 unspecified atom stereocenters. The summed E-state index contributed by atoms with van der Waals surface area (Å²) in [6.07, 6.45) is 0. The van der Waals surface area contributed by atoms with Crippen LogP contribution in [0.15, 0.2) is 54.6 Å². The zero-order valence-corrected chi connectivity index (χ0v) is 10.6. The van der Waals surface area contributed by atoms with Crippen LogP contribution < -0.4 is 4.65 Å². The maximum absolute atomic E-state index is 11.9. The number of carbonyl (C=O) groups excluding carboxylic acids is 1. The van der Waals surface area contributed by atoms with Crippen LogP contribution in [0.1, 0.15) is 15.9 Å². The summed E-state index contributed by atoms with van der Waals surface area (Å²) in [5.74, 6) is -0.333. The van der Waals surface area contributed by atoms with Crippen molar-refractivity contribution in [3.63, 3.8) is 0 Å². The summed E-state index contributed by atoms with van der Waals surface area (Å²) in [5.41, 5.74) is 1.16. The Balaban J connectivity index is 1.98.